The molecule has 0 fully saturated rings. The Balaban J connectivity index is 3.19. The molecule has 0 saturated heterocycles. The smallest absolute Gasteiger partial charge is 0.207 e. The Labute approximate surface area is 95.9 Å². The monoisotopic (exact) mass is 277 g/mol. The highest BCUT2D eigenvalue weighted by atomic mass is 79.9. The summed E-state index contributed by atoms with van der Waals surface area (Å²) in [5.41, 5.74) is 5.83. The molecule has 0 amide bonds. The molecule has 0 saturated carbocycles. The minimum absolute atomic E-state index is 0.0543. The SMILES string of the molecule is CC(CCN)c1cc(Br)c(O)c(F)c1O. The van der Waals surface area contributed by atoms with Gasteiger partial charge in [-0.1, -0.05) is 6.92 Å². The van der Waals surface area contributed by atoms with Gasteiger partial charge in [0.05, 0.1) is 4.47 Å². The molecule has 0 aliphatic rings. The second kappa shape index (κ2) is 4.81. The number of hydrogen-bond donors (Lipinski definition) is 3. The van der Waals surface area contributed by atoms with E-state index >= 15 is 0 Å². The number of benzene rings is 1. The molecule has 5 heteroatoms. The van der Waals surface area contributed by atoms with Crippen LogP contribution >= 0.6 is 15.9 Å². The summed E-state index contributed by atoms with van der Waals surface area (Å²) in [7, 11) is 0. The maximum atomic E-state index is 13.3. The van der Waals surface area contributed by atoms with E-state index in [9.17, 15) is 14.6 Å². The number of phenolic OH excluding ortho intramolecular Hbond substituents is 2. The summed E-state index contributed by atoms with van der Waals surface area (Å²) < 4.78 is 13.5. The molecule has 1 aromatic carbocycles. The van der Waals surface area contributed by atoms with Gasteiger partial charge >= 0.3 is 0 Å². The van der Waals surface area contributed by atoms with Crippen LogP contribution in [0.25, 0.3) is 0 Å². The second-order valence-corrected chi connectivity index (χ2v) is 4.29. The molecule has 0 aliphatic heterocycles. The number of aromatic hydroxyl groups is 2. The Bertz CT molecular complexity index is 371. The molecule has 84 valence electrons. The van der Waals surface area contributed by atoms with E-state index in [1.165, 1.54) is 6.07 Å². The molecule has 0 bridgehead atoms. The van der Waals surface area contributed by atoms with Crippen LogP contribution in [0.1, 0.15) is 24.8 Å². The molecule has 0 heterocycles. The van der Waals surface area contributed by atoms with E-state index < -0.39 is 17.3 Å². The van der Waals surface area contributed by atoms with Gasteiger partial charge in [0.25, 0.3) is 0 Å². The van der Waals surface area contributed by atoms with Crippen molar-refractivity contribution in [3.63, 3.8) is 0 Å². The van der Waals surface area contributed by atoms with Crippen molar-refractivity contribution in [2.45, 2.75) is 19.3 Å². The van der Waals surface area contributed by atoms with Crippen molar-refractivity contribution >= 4 is 15.9 Å². The van der Waals surface area contributed by atoms with Gasteiger partial charge in [-0.15, -0.1) is 0 Å². The standard InChI is InChI=1S/C10H13BrFNO2/c1-5(2-3-13)6-4-7(11)10(15)8(12)9(6)14/h4-5,14-15H,2-3,13H2,1H3. The van der Waals surface area contributed by atoms with E-state index in [0.29, 0.717) is 18.5 Å². The summed E-state index contributed by atoms with van der Waals surface area (Å²) in [5.74, 6) is -2.13. The van der Waals surface area contributed by atoms with Crippen LogP contribution in [0.5, 0.6) is 11.5 Å². The van der Waals surface area contributed by atoms with E-state index in [1.807, 2.05) is 6.92 Å². The van der Waals surface area contributed by atoms with E-state index in [-0.39, 0.29) is 10.4 Å². The number of rotatable bonds is 3. The average Bonchev–Trinajstić information content (AvgIpc) is 2.20. The summed E-state index contributed by atoms with van der Waals surface area (Å²) >= 11 is 3.02. The predicted molar refractivity (Wildman–Crippen MR) is 59.5 cm³/mol. The Morgan fingerprint density at radius 1 is 1.47 bits per heavy atom. The summed E-state index contributed by atoms with van der Waals surface area (Å²) in [6, 6.07) is 1.51. The Morgan fingerprint density at radius 3 is 2.60 bits per heavy atom. The lowest BCUT2D eigenvalue weighted by Gasteiger charge is -2.14. The zero-order valence-electron chi connectivity index (χ0n) is 8.30. The van der Waals surface area contributed by atoms with Crippen LogP contribution < -0.4 is 5.73 Å². The van der Waals surface area contributed by atoms with Crippen LogP contribution in [0.3, 0.4) is 0 Å². The lowest BCUT2D eigenvalue weighted by Crippen LogP contribution is -2.05. The summed E-state index contributed by atoms with van der Waals surface area (Å²) in [6.07, 6.45) is 0.643. The van der Waals surface area contributed by atoms with Crippen LogP contribution in [0, 0.1) is 5.82 Å². The van der Waals surface area contributed by atoms with Crippen LogP contribution in [-0.4, -0.2) is 16.8 Å². The van der Waals surface area contributed by atoms with Gasteiger partial charge in [-0.2, -0.15) is 4.39 Å². The fraction of sp³-hybridized carbons (Fsp3) is 0.400. The van der Waals surface area contributed by atoms with Crippen LogP contribution in [0.4, 0.5) is 4.39 Å². The third kappa shape index (κ3) is 2.41. The highest BCUT2D eigenvalue weighted by molar-refractivity contribution is 9.10. The van der Waals surface area contributed by atoms with E-state index in [4.69, 9.17) is 5.73 Å². The molecule has 1 aromatic rings. The zero-order chi connectivity index (χ0) is 11.6. The van der Waals surface area contributed by atoms with Crippen LogP contribution in [-0.2, 0) is 0 Å². The lowest BCUT2D eigenvalue weighted by atomic mass is 9.96. The summed E-state index contributed by atoms with van der Waals surface area (Å²) in [4.78, 5) is 0. The van der Waals surface area contributed by atoms with Crippen molar-refractivity contribution in [3.05, 3.63) is 21.9 Å². The maximum Gasteiger partial charge on any atom is 0.207 e. The minimum Gasteiger partial charge on any atom is -0.505 e. The molecular formula is C10H13BrFNO2. The molecule has 15 heavy (non-hydrogen) atoms. The molecule has 3 nitrogen and oxygen atoms in total. The van der Waals surface area contributed by atoms with Crippen LogP contribution in [0.2, 0.25) is 0 Å². The molecule has 1 unspecified atom stereocenters. The molecule has 0 aromatic heterocycles. The van der Waals surface area contributed by atoms with E-state index in [1.54, 1.807) is 0 Å². The highest BCUT2D eigenvalue weighted by Crippen LogP contribution is 2.39. The second-order valence-electron chi connectivity index (χ2n) is 3.44. The van der Waals surface area contributed by atoms with Crippen molar-refractivity contribution in [1.29, 1.82) is 0 Å². The molecule has 1 rings (SSSR count). The summed E-state index contributed by atoms with van der Waals surface area (Å²) in [6.45, 7) is 2.30. The van der Waals surface area contributed by atoms with Gasteiger partial charge in [0, 0.05) is 5.56 Å². The first-order chi connectivity index (χ1) is 6.99. The largest absolute Gasteiger partial charge is 0.505 e. The van der Waals surface area contributed by atoms with Crippen LogP contribution in [0.15, 0.2) is 10.5 Å². The van der Waals surface area contributed by atoms with E-state index in [2.05, 4.69) is 15.9 Å². The van der Waals surface area contributed by atoms with E-state index in [0.717, 1.165) is 0 Å². The van der Waals surface area contributed by atoms with Gasteiger partial charge in [0.1, 0.15) is 0 Å². The normalized spacial score (nSPS) is 12.8. The molecule has 0 spiro atoms. The first kappa shape index (κ1) is 12.3. The van der Waals surface area contributed by atoms with Gasteiger partial charge in [0.2, 0.25) is 5.82 Å². The van der Waals surface area contributed by atoms with Gasteiger partial charge in [-0.05, 0) is 40.9 Å². The predicted octanol–water partition coefficient (Wildman–Crippen LogP) is 2.45. The molecule has 1 atom stereocenters. The Kier molecular flexibility index (Phi) is 3.93. The van der Waals surface area contributed by atoms with Gasteiger partial charge < -0.3 is 15.9 Å². The fourth-order valence-electron chi connectivity index (χ4n) is 1.40. The van der Waals surface area contributed by atoms with Crippen molar-refractivity contribution < 1.29 is 14.6 Å². The molecule has 0 aliphatic carbocycles. The minimum atomic E-state index is -0.997. The fourth-order valence-corrected chi connectivity index (χ4v) is 1.82. The third-order valence-electron chi connectivity index (χ3n) is 2.33. The lowest BCUT2D eigenvalue weighted by molar-refractivity contribution is 0.380. The number of nitrogens with two attached hydrogens (primary N) is 1. The first-order valence-electron chi connectivity index (χ1n) is 4.59. The van der Waals surface area contributed by atoms with Gasteiger partial charge in [-0.25, -0.2) is 0 Å². The maximum absolute atomic E-state index is 13.3. The highest BCUT2D eigenvalue weighted by Gasteiger charge is 2.19. The third-order valence-corrected chi connectivity index (χ3v) is 2.93. The van der Waals surface area contributed by atoms with Crippen molar-refractivity contribution in [2.75, 3.05) is 6.54 Å². The average molecular weight is 278 g/mol. The number of halogens is 2. The number of hydrogen-bond acceptors (Lipinski definition) is 3. The Morgan fingerprint density at radius 2 is 2.07 bits per heavy atom. The first-order valence-corrected chi connectivity index (χ1v) is 5.38. The molecule has 0 radical (unpaired) electrons. The van der Waals surface area contributed by atoms with Gasteiger partial charge in [0.15, 0.2) is 11.5 Å². The zero-order valence-corrected chi connectivity index (χ0v) is 9.88. The van der Waals surface area contributed by atoms with Gasteiger partial charge in [-0.3, -0.25) is 0 Å². The molecular weight excluding hydrogens is 265 g/mol. The topological polar surface area (TPSA) is 66.5 Å². The van der Waals surface area contributed by atoms with Crippen molar-refractivity contribution in [1.82, 2.24) is 0 Å². The van der Waals surface area contributed by atoms with Crippen molar-refractivity contribution in [2.24, 2.45) is 5.73 Å². The van der Waals surface area contributed by atoms with Crippen molar-refractivity contribution in [3.8, 4) is 11.5 Å². The quantitative estimate of drug-likeness (QED) is 0.795. The number of phenols is 2. The Hall–Kier alpha value is -0.810. The molecule has 4 N–H and O–H groups in total. The summed E-state index contributed by atoms with van der Waals surface area (Å²) in [5, 5.41) is 18.7.